The number of oxazole rings is 1. The molecule has 6 nitrogen and oxygen atoms in total. The molecule has 1 saturated carbocycles. The maximum atomic E-state index is 12.6. The van der Waals surface area contributed by atoms with Crippen molar-refractivity contribution in [3.63, 3.8) is 0 Å². The Morgan fingerprint density at radius 3 is 2.67 bits per heavy atom. The molecule has 0 aliphatic heterocycles. The summed E-state index contributed by atoms with van der Waals surface area (Å²) in [4.78, 5) is 24.2. The van der Waals surface area contributed by atoms with E-state index < -0.39 is 5.76 Å². The average Bonchev–Trinajstić information content (AvgIpc) is 3.47. The molecule has 1 N–H and O–H groups in total. The van der Waals surface area contributed by atoms with Gasteiger partial charge in [0.1, 0.15) is 5.75 Å². The summed E-state index contributed by atoms with van der Waals surface area (Å²) < 4.78 is 11.8. The second kappa shape index (κ2) is 6.95. The van der Waals surface area contributed by atoms with Crippen LogP contribution in [0, 0.1) is 5.92 Å². The van der Waals surface area contributed by atoms with Gasteiger partial charge in [-0.05, 0) is 54.5 Å². The SMILES string of the molecule is COc1ccc(C(CC(=O)Nc2ccc3c(c2)oc(=O)n3C)C2CC2)cc1. The van der Waals surface area contributed by atoms with Crippen LogP contribution in [-0.2, 0) is 11.8 Å². The van der Waals surface area contributed by atoms with Crippen LogP contribution < -0.4 is 15.8 Å². The minimum Gasteiger partial charge on any atom is -0.497 e. The van der Waals surface area contributed by atoms with Gasteiger partial charge in [-0.1, -0.05) is 12.1 Å². The lowest BCUT2D eigenvalue weighted by molar-refractivity contribution is -0.116. The second-order valence-electron chi connectivity index (χ2n) is 7.08. The van der Waals surface area contributed by atoms with Gasteiger partial charge in [-0.3, -0.25) is 9.36 Å². The lowest BCUT2D eigenvalue weighted by atomic mass is 9.90. The number of benzene rings is 2. The molecule has 1 amide bonds. The van der Waals surface area contributed by atoms with Gasteiger partial charge in [-0.2, -0.15) is 0 Å². The van der Waals surface area contributed by atoms with Crippen molar-refractivity contribution in [1.29, 1.82) is 0 Å². The molecule has 3 aromatic rings. The Hall–Kier alpha value is -3.02. The van der Waals surface area contributed by atoms with Crippen LogP contribution in [0.5, 0.6) is 5.75 Å². The Kier molecular flexibility index (Phi) is 4.48. The maximum Gasteiger partial charge on any atom is 0.419 e. The number of nitrogens with one attached hydrogen (secondary N) is 1. The summed E-state index contributed by atoms with van der Waals surface area (Å²) >= 11 is 0. The van der Waals surface area contributed by atoms with Crippen molar-refractivity contribution in [2.24, 2.45) is 13.0 Å². The molecule has 1 unspecified atom stereocenters. The second-order valence-corrected chi connectivity index (χ2v) is 7.08. The smallest absolute Gasteiger partial charge is 0.419 e. The van der Waals surface area contributed by atoms with Gasteiger partial charge < -0.3 is 14.5 Å². The standard InChI is InChI=1S/C21H22N2O4/c1-23-18-10-7-15(11-19(18)27-21(23)25)22-20(24)12-17(13-3-4-13)14-5-8-16(26-2)9-6-14/h5-11,13,17H,3-4,12H2,1-2H3,(H,22,24). The molecule has 1 heterocycles. The summed E-state index contributed by atoms with van der Waals surface area (Å²) in [5, 5.41) is 2.93. The Morgan fingerprint density at radius 1 is 1.26 bits per heavy atom. The summed E-state index contributed by atoms with van der Waals surface area (Å²) in [7, 11) is 3.30. The third-order valence-electron chi connectivity index (χ3n) is 5.22. The molecule has 0 bridgehead atoms. The van der Waals surface area contributed by atoms with Gasteiger partial charge in [0.05, 0.1) is 12.6 Å². The fraction of sp³-hybridized carbons (Fsp3) is 0.333. The van der Waals surface area contributed by atoms with Gasteiger partial charge in [0.15, 0.2) is 5.58 Å². The van der Waals surface area contributed by atoms with Crippen LogP contribution in [-0.4, -0.2) is 17.6 Å². The minimum absolute atomic E-state index is 0.0413. The molecule has 1 atom stereocenters. The third kappa shape index (κ3) is 3.60. The van der Waals surface area contributed by atoms with E-state index in [-0.39, 0.29) is 11.8 Å². The Morgan fingerprint density at radius 2 is 2.00 bits per heavy atom. The van der Waals surface area contributed by atoms with Crippen molar-refractivity contribution in [2.45, 2.75) is 25.2 Å². The van der Waals surface area contributed by atoms with E-state index in [0.29, 0.717) is 29.1 Å². The van der Waals surface area contributed by atoms with E-state index in [1.807, 2.05) is 24.3 Å². The highest BCUT2D eigenvalue weighted by Crippen LogP contribution is 2.44. The van der Waals surface area contributed by atoms with Gasteiger partial charge >= 0.3 is 5.76 Å². The van der Waals surface area contributed by atoms with Crippen molar-refractivity contribution in [2.75, 3.05) is 12.4 Å². The first kappa shape index (κ1) is 17.4. The molecule has 0 spiro atoms. The zero-order chi connectivity index (χ0) is 19.0. The number of nitrogens with zero attached hydrogens (tertiary/aromatic N) is 1. The van der Waals surface area contributed by atoms with Gasteiger partial charge in [0.25, 0.3) is 0 Å². The molecular formula is C21H22N2O4. The number of carbonyl (C=O) groups excluding carboxylic acids is 1. The number of fused-ring (bicyclic) bond motifs is 1. The van der Waals surface area contributed by atoms with Crippen LogP contribution in [0.2, 0.25) is 0 Å². The predicted octanol–water partition coefficient (Wildman–Crippen LogP) is 3.66. The van der Waals surface area contributed by atoms with E-state index in [9.17, 15) is 9.59 Å². The van der Waals surface area contributed by atoms with E-state index in [2.05, 4.69) is 5.32 Å². The van der Waals surface area contributed by atoms with Crippen molar-refractivity contribution < 1.29 is 13.9 Å². The summed E-state index contributed by atoms with van der Waals surface area (Å²) in [6.45, 7) is 0. The van der Waals surface area contributed by atoms with E-state index in [1.165, 1.54) is 4.57 Å². The van der Waals surface area contributed by atoms with Crippen molar-refractivity contribution in [3.8, 4) is 5.75 Å². The third-order valence-corrected chi connectivity index (χ3v) is 5.22. The topological polar surface area (TPSA) is 73.5 Å². The highest BCUT2D eigenvalue weighted by atomic mass is 16.5. The molecule has 6 heteroatoms. The van der Waals surface area contributed by atoms with Gasteiger partial charge in [0, 0.05) is 25.2 Å². The number of hydrogen-bond donors (Lipinski definition) is 1. The number of aromatic nitrogens is 1. The predicted molar refractivity (Wildman–Crippen MR) is 103 cm³/mol. The van der Waals surface area contributed by atoms with E-state index >= 15 is 0 Å². The minimum atomic E-state index is -0.415. The number of rotatable bonds is 6. The van der Waals surface area contributed by atoms with Crippen molar-refractivity contribution >= 4 is 22.7 Å². The number of ether oxygens (including phenoxy) is 1. The highest BCUT2D eigenvalue weighted by molar-refractivity contribution is 5.93. The Balaban J connectivity index is 1.49. The first-order valence-corrected chi connectivity index (χ1v) is 9.08. The van der Waals surface area contributed by atoms with Crippen molar-refractivity contribution in [1.82, 2.24) is 4.57 Å². The van der Waals surface area contributed by atoms with Crippen LogP contribution in [0.4, 0.5) is 5.69 Å². The molecule has 27 heavy (non-hydrogen) atoms. The van der Waals surface area contributed by atoms with E-state index in [0.717, 1.165) is 24.2 Å². The van der Waals surface area contributed by atoms with Crippen LogP contribution in [0.15, 0.2) is 51.7 Å². The molecule has 4 rings (SSSR count). The molecule has 1 aromatic heterocycles. The zero-order valence-corrected chi connectivity index (χ0v) is 15.4. The largest absolute Gasteiger partial charge is 0.497 e. The number of aryl methyl sites for hydroxylation is 1. The lowest BCUT2D eigenvalue weighted by Gasteiger charge is -2.17. The van der Waals surface area contributed by atoms with Crippen LogP contribution in [0.3, 0.4) is 0 Å². The fourth-order valence-corrected chi connectivity index (χ4v) is 3.53. The Labute approximate surface area is 156 Å². The molecule has 0 saturated heterocycles. The molecule has 1 aliphatic rings. The lowest BCUT2D eigenvalue weighted by Crippen LogP contribution is -2.16. The number of methoxy groups -OCH3 is 1. The average molecular weight is 366 g/mol. The summed E-state index contributed by atoms with van der Waals surface area (Å²) in [6, 6.07) is 13.2. The van der Waals surface area contributed by atoms with Crippen LogP contribution in [0.1, 0.15) is 30.7 Å². The van der Waals surface area contributed by atoms with E-state index in [1.54, 1.807) is 32.4 Å². The summed E-state index contributed by atoms with van der Waals surface area (Å²) in [5.41, 5.74) is 2.96. The van der Waals surface area contributed by atoms with E-state index in [4.69, 9.17) is 9.15 Å². The molecule has 1 fully saturated rings. The van der Waals surface area contributed by atoms with Crippen LogP contribution >= 0.6 is 0 Å². The first-order chi connectivity index (χ1) is 13.0. The monoisotopic (exact) mass is 366 g/mol. The maximum absolute atomic E-state index is 12.6. The van der Waals surface area contributed by atoms with Crippen LogP contribution in [0.25, 0.3) is 11.1 Å². The van der Waals surface area contributed by atoms with Gasteiger partial charge in [-0.25, -0.2) is 4.79 Å². The quantitative estimate of drug-likeness (QED) is 0.722. The number of hydrogen-bond acceptors (Lipinski definition) is 4. The summed E-state index contributed by atoms with van der Waals surface area (Å²) in [5.74, 6) is 1.12. The highest BCUT2D eigenvalue weighted by Gasteiger charge is 2.33. The normalized spacial score (nSPS) is 14.9. The Bertz CT molecular complexity index is 1030. The van der Waals surface area contributed by atoms with Gasteiger partial charge in [-0.15, -0.1) is 0 Å². The summed E-state index contributed by atoms with van der Waals surface area (Å²) in [6.07, 6.45) is 2.74. The van der Waals surface area contributed by atoms with Crippen molar-refractivity contribution in [3.05, 3.63) is 58.6 Å². The number of carbonyl (C=O) groups is 1. The molecule has 0 radical (unpaired) electrons. The number of anilines is 1. The number of amides is 1. The molecule has 140 valence electrons. The molecule has 1 aliphatic carbocycles. The molecular weight excluding hydrogens is 344 g/mol. The fourth-order valence-electron chi connectivity index (χ4n) is 3.53. The first-order valence-electron chi connectivity index (χ1n) is 9.08. The molecule has 2 aromatic carbocycles. The van der Waals surface area contributed by atoms with Gasteiger partial charge in [0.2, 0.25) is 5.91 Å². The zero-order valence-electron chi connectivity index (χ0n) is 15.4.